The van der Waals surface area contributed by atoms with Crippen molar-refractivity contribution in [2.24, 2.45) is 11.8 Å². The number of nitrogens with zero attached hydrogens (tertiary/aromatic N) is 2. The van der Waals surface area contributed by atoms with E-state index < -0.39 is 0 Å². The minimum absolute atomic E-state index is 0.00606. The van der Waals surface area contributed by atoms with E-state index in [1.54, 1.807) is 24.3 Å². The summed E-state index contributed by atoms with van der Waals surface area (Å²) in [6.07, 6.45) is 7.40. The highest BCUT2D eigenvalue weighted by Gasteiger charge is 2.42. The van der Waals surface area contributed by atoms with Gasteiger partial charge in [0.15, 0.2) is 0 Å². The number of nitrogens with one attached hydrogen (secondary N) is 1. The predicted molar refractivity (Wildman–Crippen MR) is 78.2 cm³/mol. The fourth-order valence-corrected chi connectivity index (χ4v) is 3.18. The molecule has 2 aliphatic rings. The maximum absolute atomic E-state index is 12.5. The fraction of sp³-hybridized carbons (Fsp3) is 0.562. The number of likely N-dealkylation sites (tertiary alicyclic amines) is 1. The molecule has 2 fully saturated rings. The first-order chi connectivity index (χ1) is 10.2. The van der Waals surface area contributed by atoms with Crippen LogP contribution < -0.4 is 5.32 Å². The second kappa shape index (κ2) is 5.84. The quantitative estimate of drug-likeness (QED) is 0.913. The van der Waals surface area contributed by atoms with Crippen molar-refractivity contribution >= 4 is 11.8 Å². The molecular formula is C16H21N3O2. The zero-order valence-electron chi connectivity index (χ0n) is 12.3. The first-order valence-electron chi connectivity index (χ1n) is 7.60. The van der Waals surface area contributed by atoms with E-state index in [-0.39, 0.29) is 30.2 Å². The molecule has 112 valence electrons. The smallest absolute Gasteiger partial charge is 0.226 e. The maximum Gasteiger partial charge on any atom is 0.226 e. The Labute approximate surface area is 124 Å². The normalized spacial score (nSPS) is 25.8. The Morgan fingerprint density at radius 1 is 1.48 bits per heavy atom. The van der Waals surface area contributed by atoms with Crippen LogP contribution in [0.5, 0.6) is 0 Å². The summed E-state index contributed by atoms with van der Waals surface area (Å²) in [4.78, 5) is 30.2. The fourth-order valence-electron chi connectivity index (χ4n) is 3.18. The van der Waals surface area contributed by atoms with Gasteiger partial charge in [0.05, 0.1) is 12.0 Å². The van der Waals surface area contributed by atoms with Crippen molar-refractivity contribution in [1.29, 1.82) is 0 Å². The predicted octanol–water partition coefficient (Wildman–Crippen LogP) is 1.52. The zero-order valence-corrected chi connectivity index (χ0v) is 12.3. The van der Waals surface area contributed by atoms with Gasteiger partial charge in [-0.25, -0.2) is 0 Å². The molecule has 5 heteroatoms. The minimum Gasteiger partial charge on any atom is -0.355 e. The molecular weight excluding hydrogens is 266 g/mol. The Bertz CT molecular complexity index is 528. The van der Waals surface area contributed by atoms with Crippen LogP contribution in [0.3, 0.4) is 0 Å². The summed E-state index contributed by atoms with van der Waals surface area (Å²) in [6, 6.07) is 3.57. The van der Waals surface area contributed by atoms with E-state index in [1.165, 1.54) is 19.3 Å². The molecule has 2 atom stereocenters. The van der Waals surface area contributed by atoms with Gasteiger partial charge in [-0.2, -0.15) is 0 Å². The molecule has 3 rings (SSSR count). The van der Waals surface area contributed by atoms with E-state index in [0.29, 0.717) is 5.92 Å². The highest BCUT2D eigenvalue weighted by molar-refractivity contribution is 5.90. The Hall–Kier alpha value is -1.91. The molecule has 0 aromatic carbocycles. The standard InChI is InChI=1S/C16H21N3O2/c1-19-14(20)8-13(15(19)12-6-3-7-17-10-12)16(21)18-9-11-4-2-5-11/h3,6-7,10-11,13,15H,2,4-5,8-9H2,1H3,(H,18,21). The number of carbonyl (C=O) groups excluding carboxylic acids is 2. The van der Waals surface area contributed by atoms with Crippen LogP contribution in [-0.4, -0.2) is 35.3 Å². The van der Waals surface area contributed by atoms with Gasteiger partial charge in [0.2, 0.25) is 11.8 Å². The van der Waals surface area contributed by atoms with E-state index in [4.69, 9.17) is 0 Å². The van der Waals surface area contributed by atoms with Crippen LogP contribution in [0.2, 0.25) is 0 Å². The lowest BCUT2D eigenvalue weighted by atomic mass is 9.85. The summed E-state index contributed by atoms with van der Waals surface area (Å²) in [5.41, 5.74) is 0.926. The second-order valence-corrected chi connectivity index (χ2v) is 6.09. The molecule has 0 radical (unpaired) electrons. The van der Waals surface area contributed by atoms with Gasteiger partial charge in [0.1, 0.15) is 0 Å². The molecule has 2 amide bonds. The third kappa shape index (κ3) is 2.77. The average molecular weight is 287 g/mol. The van der Waals surface area contributed by atoms with E-state index >= 15 is 0 Å². The van der Waals surface area contributed by atoms with Crippen molar-refractivity contribution < 1.29 is 9.59 Å². The van der Waals surface area contributed by atoms with E-state index in [9.17, 15) is 9.59 Å². The lowest BCUT2D eigenvalue weighted by Gasteiger charge is -2.28. The second-order valence-electron chi connectivity index (χ2n) is 6.09. The Balaban J connectivity index is 1.72. The van der Waals surface area contributed by atoms with Crippen molar-refractivity contribution in [3.05, 3.63) is 30.1 Å². The van der Waals surface area contributed by atoms with Crippen LogP contribution in [0.15, 0.2) is 24.5 Å². The highest BCUT2D eigenvalue weighted by Crippen LogP contribution is 2.36. The van der Waals surface area contributed by atoms with Gasteiger partial charge in [0, 0.05) is 32.4 Å². The molecule has 1 aromatic rings. The number of aromatic nitrogens is 1. The number of hydrogen-bond donors (Lipinski definition) is 1. The summed E-state index contributed by atoms with van der Waals surface area (Å²) in [5, 5.41) is 3.03. The number of amides is 2. The first-order valence-corrected chi connectivity index (χ1v) is 7.60. The molecule has 2 unspecified atom stereocenters. The summed E-state index contributed by atoms with van der Waals surface area (Å²) in [6.45, 7) is 0.743. The van der Waals surface area contributed by atoms with Crippen LogP contribution in [-0.2, 0) is 9.59 Å². The molecule has 1 saturated heterocycles. The largest absolute Gasteiger partial charge is 0.355 e. The van der Waals surface area contributed by atoms with Crippen LogP contribution in [0.25, 0.3) is 0 Å². The summed E-state index contributed by atoms with van der Waals surface area (Å²) < 4.78 is 0. The maximum atomic E-state index is 12.5. The van der Waals surface area contributed by atoms with Gasteiger partial charge in [-0.1, -0.05) is 12.5 Å². The van der Waals surface area contributed by atoms with Crippen LogP contribution >= 0.6 is 0 Å². The molecule has 1 aromatic heterocycles. The van der Waals surface area contributed by atoms with Crippen molar-refractivity contribution in [1.82, 2.24) is 15.2 Å². The Kier molecular flexibility index (Phi) is 3.90. The highest BCUT2D eigenvalue weighted by atomic mass is 16.2. The molecule has 1 N–H and O–H groups in total. The molecule has 21 heavy (non-hydrogen) atoms. The molecule has 1 aliphatic carbocycles. The molecule has 5 nitrogen and oxygen atoms in total. The third-order valence-corrected chi connectivity index (χ3v) is 4.74. The van der Waals surface area contributed by atoms with Crippen LogP contribution in [0, 0.1) is 11.8 Å². The third-order valence-electron chi connectivity index (χ3n) is 4.74. The van der Waals surface area contributed by atoms with Gasteiger partial charge in [0.25, 0.3) is 0 Å². The van der Waals surface area contributed by atoms with Crippen LogP contribution in [0.1, 0.15) is 37.3 Å². The van der Waals surface area contributed by atoms with E-state index in [1.807, 2.05) is 12.1 Å². The molecule has 1 aliphatic heterocycles. The van der Waals surface area contributed by atoms with Gasteiger partial charge < -0.3 is 10.2 Å². The lowest BCUT2D eigenvalue weighted by molar-refractivity contribution is -0.128. The molecule has 1 saturated carbocycles. The van der Waals surface area contributed by atoms with Gasteiger partial charge in [-0.05, 0) is 30.4 Å². The van der Waals surface area contributed by atoms with Crippen LogP contribution in [0.4, 0.5) is 0 Å². The van der Waals surface area contributed by atoms with Crippen molar-refractivity contribution in [2.75, 3.05) is 13.6 Å². The number of carbonyl (C=O) groups is 2. The minimum atomic E-state index is -0.313. The zero-order chi connectivity index (χ0) is 14.8. The number of hydrogen-bond acceptors (Lipinski definition) is 3. The Morgan fingerprint density at radius 3 is 2.90 bits per heavy atom. The first kappa shape index (κ1) is 14.0. The number of pyridine rings is 1. The van der Waals surface area contributed by atoms with E-state index in [2.05, 4.69) is 10.3 Å². The Morgan fingerprint density at radius 2 is 2.29 bits per heavy atom. The average Bonchev–Trinajstić information content (AvgIpc) is 2.74. The number of rotatable bonds is 4. The topological polar surface area (TPSA) is 62.3 Å². The summed E-state index contributed by atoms with van der Waals surface area (Å²) >= 11 is 0. The summed E-state index contributed by atoms with van der Waals surface area (Å²) in [5.74, 6) is 0.327. The molecule has 0 bridgehead atoms. The van der Waals surface area contributed by atoms with Crippen molar-refractivity contribution in [3.8, 4) is 0 Å². The summed E-state index contributed by atoms with van der Waals surface area (Å²) in [7, 11) is 1.76. The SMILES string of the molecule is CN1C(=O)CC(C(=O)NCC2CCC2)C1c1cccnc1. The van der Waals surface area contributed by atoms with Gasteiger partial charge >= 0.3 is 0 Å². The van der Waals surface area contributed by atoms with Gasteiger partial charge in [-0.3, -0.25) is 14.6 Å². The van der Waals surface area contributed by atoms with Gasteiger partial charge in [-0.15, -0.1) is 0 Å². The van der Waals surface area contributed by atoms with Crippen molar-refractivity contribution in [2.45, 2.75) is 31.7 Å². The molecule has 2 heterocycles. The lowest BCUT2D eigenvalue weighted by Crippen LogP contribution is -2.38. The van der Waals surface area contributed by atoms with E-state index in [0.717, 1.165) is 12.1 Å². The van der Waals surface area contributed by atoms with Crippen molar-refractivity contribution in [3.63, 3.8) is 0 Å². The molecule has 0 spiro atoms. The monoisotopic (exact) mass is 287 g/mol.